The minimum Gasteiger partial charge on any atom is -0.327 e. The first-order valence-electron chi connectivity index (χ1n) is 6.13. The number of aromatic nitrogens is 2. The average Bonchev–Trinajstić information content (AvgIpc) is 2.44. The van der Waals surface area contributed by atoms with E-state index in [1.165, 1.54) is 11.6 Å². The standard InChI is InChI=1S/C13H11ClN4O3/c1-18-10-8(11(19)17-13(18)21)9(15-12(20)16-10)6-3-2-4-7(14)5-6/h2-5,9H,1H3,(H2,15,16,20)(H,17,19,21). The Morgan fingerprint density at radius 1 is 1.24 bits per heavy atom. The number of amides is 2. The first-order valence-corrected chi connectivity index (χ1v) is 6.51. The predicted octanol–water partition coefficient (Wildman–Crippen LogP) is 0.951. The van der Waals surface area contributed by atoms with Crippen molar-refractivity contribution in [3.8, 4) is 0 Å². The lowest BCUT2D eigenvalue weighted by atomic mass is 9.99. The maximum absolute atomic E-state index is 12.1. The number of halogens is 1. The van der Waals surface area contributed by atoms with Gasteiger partial charge in [-0.3, -0.25) is 19.7 Å². The minimum absolute atomic E-state index is 0.178. The lowest BCUT2D eigenvalue weighted by Crippen LogP contribution is -2.46. The highest BCUT2D eigenvalue weighted by atomic mass is 35.5. The number of carbonyl (C=O) groups excluding carboxylic acids is 1. The lowest BCUT2D eigenvalue weighted by Gasteiger charge is -2.27. The van der Waals surface area contributed by atoms with Crippen molar-refractivity contribution in [3.63, 3.8) is 0 Å². The maximum atomic E-state index is 12.1. The molecule has 1 aromatic heterocycles. The molecule has 2 heterocycles. The number of urea groups is 1. The molecule has 21 heavy (non-hydrogen) atoms. The molecule has 1 aliphatic rings. The van der Waals surface area contributed by atoms with Gasteiger partial charge in [-0.15, -0.1) is 0 Å². The number of carbonyl (C=O) groups is 1. The molecule has 1 aliphatic heterocycles. The van der Waals surface area contributed by atoms with Crippen LogP contribution in [0, 0.1) is 0 Å². The van der Waals surface area contributed by atoms with Gasteiger partial charge in [0.1, 0.15) is 5.82 Å². The molecule has 1 unspecified atom stereocenters. The monoisotopic (exact) mass is 306 g/mol. The van der Waals surface area contributed by atoms with Crippen LogP contribution in [0.3, 0.4) is 0 Å². The van der Waals surface area contributed by atoms with Gasteiger partial charge in [0.05, 0.1) is 11.6 Å². The van der Waals surface area contributed by atoms with Crippen LogP contribution in [0.25, 0.3) is 0 Å². The molecule has 3 rings (SSSR count). The molecule has 2 amide bonds. The summed E-state index contributed by atoms with van der Waals surface area (Å²) < 4.78 is 1.19. The van der Waals surface area contributed by atoms with Crippen LogP contribution in [-0.4, -0.2) is 15.6 Å². The van der Waals surface area contributed by atoms with Gasteiger partial charge in [-0.25, -0.2) is 9.59 Å². The molecule has 0 saturated heterocycles. The van der Waals surface area contributed by atoms with Gasteiger partial charge in [-0.05, 0) is 17.7 Å². The second-order valence-corrected chi connectivity index (χ2v) is 5.10. The van der Waals surface area contributed by atoms with E-state index in [1.807, 2.05) is 0 Å². The normalized spacial score (nSPS) is 16.9. The summed E-state index contributed by atoms with van der Waals surface area (Å²) in [6.07, 6.45) is 0. The summed E-state index contributed by atoms with van der Waals surface area (Å²) in [4.78, 5) is 37.8. The number of rotatable bonds is 1. The van der Waals surface area contributed by atoms with Crippen LogP contribution < -0.4 is 21.9 Å². The third kappa shape index (κ3) is 2.21. The van der Waals surface area contributed by atoms with E-state index in [2.05, 4.69) is 15.6 Å². The average molecular weight is 307 g/mol. The number of hydrogen-bond acceptors (Lipinski definition) is 3. The molecule has 0 fully saturated rings. The molecular formula is C13H11ClN4O3. The molecule has 3 N–H and O–H groups in total. The quantitative estimate of drug-likeness (QED) is 0.732. The van der Waals surface area contributed by atoms with E-state index in [0.717, 1.165) is 0 Å². The van der Waals surface area contributed by atoms with Crippen molar-refractivity contribution in [2.45, 2.75) is 6.04 Å². The number of fused-ring (bicyclic) bond motifs is 1. The molecule has 8 heteroatoms. The van der Waals surface area contributed by atoms with Crippen molar-refractivity contribution in [1.82, 2.24) is 14.9 Å². The summed E-state index contributed by atoms with van der Waals surface area (Å²) in [5, 5.41) is 5.63. The Balaban J connectivity index is 2.28. The molecule has 0 aliphatic carbocycles. The Hall–Kier alpha value is -2.54. The highest BCUT2D eigenvalue weighted by molar-refractivity contribution is 6.30. The summed E-state index contributed by atoms with van der Waals surface area (Å²) in [6.45, 7) is 0. The van der Waals surface area contributed by atoms with Gasteiger partial charge < -0.3 is 5.32 Å². The molecular weight excluding hydrogens is 296 g/mol. The molecule has 1 aromatic carbocycles. The second kappa shape index (κ2) is 4.78. The van der Waals surface area contributed by atoms with E-state index in [4.69, 9.17) is 11.6 Å². The number of nitrogens with zero attached hydrogens (tertiary/aromatic N) is 1. The van der Waals surface area contributed by atoms with Gasteiger partial charge in [0.25, 0.3) is 5.56 Å². The van der Waals surface area contributed by atoms with Gasteiger partial charge in [0, 0.05) is 12.1 Å². The smallest absolute Gasteiger partial charge is 0.327 e. The molecule has 108 valence electrons. The van der Waals surface area contributed by atoms with Crippen molar-refractivity contribution < 1.29 is 4.79 Å². The van der Waals surface area contributed by atoms with E-state index >= 15 is 0 Å². The Morgan fingerprint density at radius 2 is 2.00 bits per heavy atom. The molecule has 1 atom stereocenters. The van der Waals surface area contributed by atoms with Crippen LogP contribution in [0.5, 0.6) is 0 Å². The summed E-state index contributed by atoms with van der Waals surface area (Å²) in [6, 6.07) is 5.65. The van der Waals surface area contributed by atoms with Crippen LogP contribution in [0.4, 0.5) is 10.6 Å². The fraction of sp³-hybridized carbons (Fsp3) is 0.154. The highest BCUT2D eigenvalue weighted by Gasteiger charge is 2.30. The summed E-state index contributed by atoms with van der Waals surface area (Å²) in [5.74, 6) is 0.178. The van der Waals surface area contributed by atoms with Gasteiger partial charge in [0.2, 0.25) is 0 Å². The van der Waals surface area contributed by atoms with Crippen molar-refractivity contribution in [1.29, 1.82) is 0 Å². The second-order valence-electron chi connectivity index (χ2n) is 4.67. The van der Waals surface area contributed by atoms with Crippen molar-refractivity contribution in [3.05, 3.63) is 61.3 Å². The maximum Gasteiger partial charge on any atom is 0.329 e. The van der Waals surface area contributed by atoms with Crippen molar-refractivity contribution in [2.75, 3.05) is 5.32 Å². The number of anilines is 1. The fourth-order valence-electron chi connectivity index (χ4n) is 2.34. The van der Waals surface area contributed by atoms with Gasteiger partial charge >= 0.3 is 11.7 Å². The Morgan fingerprint density at radius 3 is 2.71 bits per heavy atom. The first-order chi connectivity index (χ1) is 9.97. The molecule has 0 saturated carbocycles. The number of nitrogens with one attached hydrogen (secondary N) is 3. The zero-order valence-corrected chi connectivity index (χ0v) is 11.7. The van der Waals surface area contributed by atoms with Crippen LogP contribution in [0.2, 0.25) is 5.02 Å². The number of aromatic amines is 1. The summed E-state index contributed by atoms with van der Waals surface area (Å²) >= 11 is 5.95. The SMILES string of the molecule is Cn1c2c(c(=O)[nH]c1=O)C(c1cccc(Cl)c1)NC(=O)N2. The van der Waals surface area contributed by atoms with Crippen LogP contribution >= 0.6 is 11.6 Å². The third-order valence-electron chi connectivity index (χ3n) is 3.34. The van der Waals surface area contributed by atoms with Crippen LogP contribution in [0.1, 0.15) is 17.2 Å². The van der Waals surface area contributed by atoms with Gasteiger partial charge in [-0.1, -0.05) is 23.7 Å². The molecule has 0 radical (unpaired) electrons. The Labute approximate surface area is 123 Å². The van der Waals surface area contributed by atoms with Crippen LogP contribution in [0.15, 0.2) is 33.9 Å². The van der Waals surface area contributed by atoms with E-state index in [1.54, 1.807) is 24.3 Å². The molecule has 7 nitrogen and oxygen atoms in total. The topological polar surface area (TPSA) is 96.0 Å². The molecule has 2 aromatic rings. The molecule has 0 bridgehead atoms. The van der Waals surface area contributed by atoms with Crippen LogP contribution in [-0.2, 0) is 7.05 Å². The van der Waals surface area contributed by atoms with Crippen molar-refractivity contribution in [2.24, 2.45) is 7.05 Å². The van der Waals surface area contributed by atoms with Gasteiger partial charge in [-0.2, -0.15) is 0 Å². The van der Waals surface area contributed by atoms with E-state index in [9.17, 15) is 14.4 Å². The van der Waals surface area contributed by atoms with E-state index < -0.39 is 23.3 Å². The predicted molar refractivity (Wildman–Crippen MR) is 77.8 cm³/mol. The summed E-state index contributed by atoms with van der Waals surface area (Å²) in [7, 11) is 1.47. The zero-order valence-electron chi connectivity index (χ0n) is 10.9. The summed E-state index contributed by atoms with van der Waals surface area (Å²) in [5.41, 5.74) is -0.224. The lowest BCUT2D eigenvalue weighted by molar-refractivity contribution is 0.248. The minimum atomic E-state index is -0.678. The van der Waals surface area contributed by atoms with E-state index in [-0.39, 0.29) is 11.4 Å². The van der Waals surface area contributed by atoms with Crippen molar-refractivity contribution >= 4 is 23.4 Å². The number of H-pyrrole nitrogens is 1. The zero-order chi connectivity index (χ0) is 15.1. The first kappa shape index (κ1) is 13.4. The van der Waals surface area contributed by atoms with E-state index in [0.29, 0.717) is 10.6 Å². The van der Waals surface area contributed by atoms with Gasteiger partial charge in [0.15, 0.2) is 0 Å². The number of hydrogen-bond donors (Lipinski definition) is 3. The highest BCUT2D eigenvalue weighted by Crippen LogP contribution is 2.28. The number of benzene rings is 1. The Bertz CT molecular complexity index is 855. The third-order valence-corrected chi connectivity index (χ3v) is 3.57. The largest absolute Gasteiger partial charge is 0.329 e. The fourth-order valence-corrected chi connectivity index (χ4v) is 2.54. The Kier molecular flexibility index (Phi) is 3.06. The molecule has 0 spiro atoms.